The molecule has 0 N–H and O–H groups in total. The fourth-order valence-electron chi connectivity index (χ4n) is 2.83. The van der Waals surface area contributed by atoms with E-state index in [1.807, 2.05) is 62.4 Å². The molecule has 7 heteroatoms. The lowest BCUT2D eigenvalue weighted by molar-refractivity contribution is 0.315. The first-order valence-corrected chi connectivity index (χ1v) is 8.75. The molecule has 0 fully saturated rings. The predicted molar refractivity (Wildman–Crippen MR) is 101 cm³/mol. The summed E-state index contributed by atoms with van der Waals surface area (Å²) in [6.07, 6.45) is 0. The van der Waals surface area contributed by atoms with Crippen LogP contribution in [0.1, 0.15) is 13.8 Å². The van der Waals surface area contributed by atoms with E-state index in [-0.39, 0.29) is 0 Å². The van der Waals surface area contributed by atoms with Crippen LogP contribution < -0.4 is 9.47 Å². The van der Waals surface area contributed by atoms with Crippen LogP contribution in [-0.2, 0) is 0 Å². The van der Waals surface area contributed by atoms with E-state index >= 15 is 0 Å². The van der Waals surface area contributed by atoms with Gasteiger partial charge < -0.3 is 9.47 Å². The van der Waals surface area contributed by atoms with Crippen molar-refractivity contribution in [2.24, 2.45) is 0 Å². The number of aromatic nitrogens is 4. The molecule has 4 aromatic rings. The molecule has 0 spiro atoms. The summed E-state index contributed by atoms with van der Waals surface area (Å²) in [5.41, 5.74) is 4.10. The van der Waals surface area contributed by atoms with E-state index in [4.69, 9.17) is 14.1 Å². The number of fused-ring (bicyclic) bond motifs is 1. The zero-order chi connectivity index (χ0) is 18.6. The fraction of sp³-hybridized carbons (Fsp3) is 0.200. The van der Waals surface area contributed by atoms with Gasteiger partial charge in [0.05, 0.1) is 13.2 Å². The van der Waals surface area contributed by atoms with E-state index < -0.39 is 0 Å². The lowest BCUT2D eigenvalue weighted by atomic mass is 10.1. The van der Waals surface area contributed by atoms with Crippen LogP contribution in [-0.4, -0.2) is 33.7 Å². The quantitative estimate of drug-likeness (QED) is 0.509. The molecular formula is C20H18N4O3. The fourth-order valence-corrected chi connectivity index (χ4v) is 2.83. The summed E-state index contributed by atoms with van der Waals surface area (Å²) in [5.74, 6) is 1.60. The first-order valence-electron chi connectivity index (χ1n) is 8.75. The Hall–Kier alpha value is -3.48. The van der Waals surface area contributed by atoms with Crippen LogP contribution in [0.4, 0.5) is 0 Å². The highest BCUT2D eigenvalue weighted by Crippen LogP contribution is 2.31. The SMILES string of the molecule is CCOc1ccc(-c2nnc(-c3ccc(OCC)cc3)c3nonc23)cc1. The average Bonchev–Trinajstić information content (AvgIpc) is 3.19. The zero-order valence-corrected chi connectivity index (χ0v) is 15.0. The van der Waals surface area contributed by atoms with E-state index in [9.17, 15) is 0 Å². The number of nitrogens with zero attached hydrogens (tertiary/aromatic N) is 4. The van der Waals surface area contributed by atoms with Gasteiger partial charge in [0.15, 0.2) is 11.0 Å². The Morgan fingerprint density at radius 2 is 1.07 bits per heavy atom. The molecule has 4 rings (SSSR count). The van der Waals surface area contributed by atoms with Crippen LogP contribution in [0, 0.1) is 0 Å². The molecule has 0 bridgehead atoms. The van der Waals surface area contributed by atoms with E-state index in [0.717, 1.165) is 22.6 Å². The summed E-state index contributed by atoms with van der Waals surface area (Å²) in [6.45, 7) is 5.13. The van der Waals surface area contributed by atoms with Gasteiger partial charge in [-0.1, -0.05) is 0 Å². The lowest BCUT2D eigenvalue weighted by Gasteiger charge is -2.07. The van der Waals surface area contributed by atoms with Gasteiger partial charge in [0.1, 0.15) is 22.9 Å². The van der Waals surface area contributed by atoms with Crippen LogP contribution in [0.15, 0.2) is 53.2 Å². The molecule has 2 heterocycles. The Balaban J connectivity index is 1.74. The van der Waals surface area contributed by atoms with Gasteiger partial charge in [-0.05, 0) is 72.7 Å². The van der Waals surface area contributed by atoms with Crippen LogP contribution >= 0.6 is 0 Å². The van der Waals surface area contributed by atoms with Crippen molar-refractivity contribution in [2.75, 3.05) is 13.2 Å². The Kier molecular flexibility index (Phi) is 4.65. The van der Waals surface area contributed by atoms with Gasteiger partial charge in [-0.2, -0.15) is 0 Å². The van der Waals surface area contributed by atoms with E-state index in [1.54, 1.807) is 0 Å². The molecule has 0 aliphatic rings. The molecule has 0 radical (unpaired) electrons. The van der Waals surface area contributed by atoms with Gasteiger partial charge in [0, 0.05) is 11.1 Å². The van der Waals surface area contributed by atoms with Crippen molar-refractivity contribution in [3.63, 3.8) is 0 Å². The Morgan fingerprint density at radius 1 is 0.667 bits per heavy atom. The van der Waals surface area contributed by atoms with E-state index in [2.05, 4.69) is 20.5 Å². The first kappa shape index (κ1) is 17.0. The highest BCUT2D eigenvalue weighted by Gasteiger charge is 2.17. The molecule has 7 nitrogen and oxygen atoms in total. The van der Waals surface area contributed by atoms with Crippen molar-refractivity contribution < 1.29 is 14.1 Å². The minimum absolute atomic E-state index is 0.568. The van der Waals surface area contributed by atoms with Crippen molar-refractivity contribution in [3.8, 4) is 34.0 Å². The Labute approximate surface area is 155 Å². The third-order valence-electron chi connectivity index (χ3n) is 4.06. The molecule has 0 atom stereocenters. The predicted octanol–water partition coefficient (Wildman–Crippen LogP) is 4.14. The van der Waals surface area contributed by atoms with E-state index in [1.165, 1.54) is 0 Å². The summed E-state index contributed by atoms with van der Waals surface area (Å²) in [7, 11) is 0. The highest BCUT2D eigenvalue weighted by atomic mass is 16.6. The van der Waals surface area contributed by atoms with Gasteiger partial charge in [-0.25, -0.2) is 4.63 Å². The zero-order valence-electron chi connectivity index (χ0n) is 15.0. The second-order valence-electron chi connectivity index (χ2n) is 5.77. The Morgan fingerprint density at radius 3 is 1.44 bits per heavy atom. The van der Waals surface area contributed by atoms with Gasteiger partial charge in [0.25, 0.3) is 0 Å². The number of benzene rings is 2. The maximum Gasteiger partial charge on any atom is 0.165 e. The summed E-state index contributed by atoms with van der Waals surface area (Å²) >= 11 is 0. The third-order valence-corrected chi connectivity index (χ3v) is 4.06. The normalized spacial score (nSPS) is 10.9. The molecule has 2 aromatic heterocycles. The van der Waals surface area contributed by atoms with Crippen LogP contribution in [0.2, 0.25) is 0 Å². The summed E-state index contributed by atoms with van der Waals surface area (Å²) < 4.78 is 15.9. The van der Waals surface area contributed by atoms with Crippen LogP contribution in [0.3, 0.4) is 0 Å². The summed E-state index contributed by atoms with van der Waals surface area (Å²) in [6, 6.07) is 15.2. The molecule has 0 aliphatic carbocycles. The molecular weight excluding hydrogens is 344 g/mol. The minimum Gasteiger partial charge on any atom is -0.494 e. The molecule has 0 amide bonds. The number of rotatable bonds is 6. The van der Waals surface area contributed by atoms with Crippen molar-refractivity contribution in [1.29, 1.82) is 0 Å². The highest BCUT2D eigenvalue weighted by molar-refractivity contribution is 5.96. The molecule has 0 saturated carbocycles. The largest absolute Gasteiger partial charge is 0.494 e. The molecule has 136 valence electrons. The Bertz CT molecular complexity index is 960. The van der Waals surface area contributed by atoms with Crippen LogP contribution in [0.25, 0.3) is 33.5 Å². The van der Waals surface area contributed by atoms with E-state index in [0.29, 0.717) is 35.6 Å². The topological polar surface area (TPSA) is 83.2 Å². The van der Waals surface area contributed by atoms with Crippen molar-refractivity contribution in [1.82, 2.24) is 20.5 Å². The summed E-state index contributed by atoms with van der Waals surface area (Å²) in [4.78, 5) is 0. The van der Waals surface area contributed by atoms with Crippen LogP contribution in [0.5, 0.6) is 11.5 Å². The number of hydrogen-bond acceptors (Lipinski definition) is 7. The van der Waals surface area contributed by atoms with Gasteiger partial charge in [-0.15, -0.1) is 10.2 Å². The standard InChI is InChI=1S/C20H18N4O3/c1-3-25-15-9-5-13(6-10-15)17-19-20(24-27-23-19)18(22-21-17)14-7-11-16(12-8-14)26-4-2/h5-12H,3-4H2,1-2H3. The first-order chi connectivity index (χ1) is 13.3. The maximum absolute atomic E-state index is 5.48. The lowest BCUT2D eigenvalue weighted by Crippen LogP contribution is -1.96. The maximum atomic E-state index is 5.48. The number of hydrogen-bond donors (Lipinski definition) is 0. The van der Waals surface area contributed by atoms with Crippen molar-refractivity contribution in [3.05, 3.63) is 48.5 Å². The van der Waals surface area contributed by atoms with Gasteiger partial charge >= 0.3 is 0 Å². The minimum atomic E-state index is 0.568. The third kappa shape index (κ3) is 3.31. The second-order valence-corrected chi connectivity index (χ2v) is 5.77. The molecule has 0 saturated heterocycles. The monoisotopic (exact) mass is 362 g/mol. The average molecular weight is 362 g/mol. The number of ether oxygens (including phenoxy) is 2. The molecule has 0 aliphatic heterocycles. The molecule has 2 aromatic carbocycles. The van der Waals surface area contributed by atoms with Crippen molar-refractivity contribution in [2.45, 2.75) is 13.8 Å². The molecule has 0 unspecified atom stereocenters. The smallest absolute Gasteiger partial charge is 0.165 e. The van der Waals surface area contributed by atoms with Crippen molar-refractivity contribution >= 4 is 11.0 Å². The van der Waals surface area contributed by atoms with Gasteiger partial charge in [0.2, 0.25) is 0 Å². The second kappa shape index (κ2) is 7.41. The summed E-state index contributed by atoms with van der Waals surface area (Å²) in [5, 5.41) is 16.8. The molecule has 27 heavy (non-hydrogen) atoms. The van der Waals surface area contributed by atoms with Gasteiger partial charge in [-0.3, -0.25) is 0 Å².